The van der Waals surface area contributed by atoms with Crippen LogP contribution in [0.4, 0.5) is 0 Å². The second-order valence-corrected chi connectivity index (χ2v) is 4.35. The van der Waals surface area contributed by atoms with Crippen molar-refractivity contribution in [3.05, 3.63) is 34.3 Å². The molecule has 0 radical (unpaired) electrons. The third kappa shape index (κ3) is 3.94. The van der Waals surface area contributed by atoms with Gasteiger partial charge in [-0.15, -0.1) is 0 Å². The van der Waals surface area contributed by atoms with E-state index in [4.69, 9.17) is 4.74 Å². The van der Waals surface area contributed by atoms with Gasteiger partial charge in [0.15, 0.2) is 0 Å². The second-order valence-electron chi connectivity index (χ2n) is 3.43. The Morgan fingerprint density at radius 2 is 2.25 bits per heavy atom. The molecule has 1 amide bonds. The number of amides is 1. The molecule has 1 aromatic carbocycles. The van der Waals surface area contributed by atoms with E-state index in [0.717, 1.165) is 4.47 Å². The van der Waals surface area contributed by atoms with Crippen LogP contribution in [0.1, 0.15) is 17.3 Å². The van der Waals surface area contributed by atoms with Crippen LogP contribution in [0.5, 0.6) is 0 Å². The molecule has 0 N–H and O–H groups in total. The molecule has 0 saturated carbocycles. The van der Waals surface area contributed by atoms with Crippen LogP contribution in [0.3, 0.4) is 0 Å². The first-order chi connectivity index (χ1) is 7.65. The van der Waals surface area contributed by atoms with E-state index in [1.54, 1.807) is 11.9 Å². The van der Waals surface area contributed by atoms with Gasteiger partial charge in [-0.25, -0.2) is 0 Å². The van der Waals surface area contributed by atoms with Crippen molar-refractivity contribution in [2.24, 2.45) is 0 Å². The van der Waals surface area contributed by atoms with Gasteiger partial charge in [0, 0.05) is 30.2 Å². The number of halogens is 1. The Balaban J connectivity index is 2.56. The van der Waals surface area contributed by atoms with Crippen molar-refractivity contribution in [2.45, 2.75) is 6.92 Å². The molecule has 0 aliphatic rings. The maximum Gasteiger partial charge on any atom is 0.253 e. The number of carbonyl (C=O) groups excluding carboxylic acids is 1. The summed E-state index contributed by atoms with van der Waals surface area (Å²) in [5, 5.41) is 0. The minimum atomic E-state index is 0.0148. The van der Waals surface area contributed by atoms with E-state index in [-0.39, 0.29) is 5.91 Å². The minimum absolute atomic E-state index is 0.0148. The van der Waals surface area contributed by atoms with Crippen molar-refractivity contribution in [1.29, 1.82) is 0 Å². The highest BCUT2D eigenvalue weighted by Gasteiger charge is 2.10. The summed E-state index contributed by atoms with van der Waals surface area (Å²) in [5.41, 5.74) is 0.688. The fourth-order valence-electron chi connectivity index (χ4n) is 1.29. The fraction of sp³-hybridized carbons (Fsp3) is 0.417. The zero-order valence-electron chi connectivity index (χ0n) is 9.57. The van der Waals surface area contributed by atoms with Crippen molar-refractivity contribution in [2.75, 3.05) is 26.8 Å². The van der Waals surface area contributed by atoms with E-state index >= 15 is 0 Å². The second kappa shape index (κ2) is 6.66. The monoisotopic (exact) mass is 285 g/mol. The molecule has 0 atom stereocenters. The Morgan fingerprint density at radius 1 is 1.50 bits per heavy atom. The summed E-state index contributed by atoms with van der Waals surface area (Å²) >= 11 is 3.35. The van der Waals surface area contributed by atoms with Crippen molar-refractivity contribution in [3.63, 3.8) is 0 Å². The van der Waals surface area contributed by atoms with E-state index in [9.17, 15) is 4.79 Å². The van der Waals surface area contributed by atoms with E-state index in [1.807, 2.05) is 31.2 Å². The predicted molar refractivity (Wildman–Crippen MR) is 67.6 cm³/mol. The summed E-state index contributed by atoms with van der Waals surface area (Å²) in [5.74, 6) is 0.0148. The maximum absolute atomic E-state index is 11.9. The first-order valence-electron chi connectivity index (χ1n) is 5.24. The van der Waals surface area contributed by atoms with Crippen molar-refractivity contribution in [3.8, 4) is 0 Å². The summed E-state index contributed by atoms with van der Waals surface area (Å²) in [6.07, 6.45) is 0. The Kier molecular flexibility index (Phi) is 5.49. The van der Waals surface area contributed by atoms with Gasteiger partial charge in [0.1, 0.15) is 0 Å². The first kappa shape index (κ1) is 13.2. The molecule has 0 heterocycles. The molecule has 0 saturated heterocycles. The third-order valence-electron chi connectivity index (χ3n) is 2.19. The standard InChI is InChI=1S/C12H16BrNO2/c1-3-16-8-7-14(2)12(15)10-5-4-6-11(13)9-10/h4-6,9H,3,7-8H2,1-2H3. The highest BCUT2D eigenvalue weighted by molar-refractivity contribution is 9.10. The average molecular weight is 286 g/mol. The van der Waals surface area contributed by atoms with Crippen molar-refractivity contribution < 1.29 is 9.53 Å². The van der Waals surface area contributed by atoms with Gasteiger partial charge in [0.05, 0.1) is 6.61 Å². The molecular weight excluding hydrogens is 270 g/mol. The fourth-order valence-corrected chi connectivity index (χ4v) is 1.69. The van der Waals surface area contributed by atoms with Crippen LogP contribution in [-0.4, -0.2) is 37.6 Å². The Morgan fingerprint density at radius 3 is 2.88 bits per heavy atom. The Labute approximate surface area is 105 Å². The SMILES string of the molecule is CCOCCN(C)C(=O)c1cccc(Br)c1. The number of hydrogen-bond donors (Lipinski definition) is 0. The van der Waals surface area contributed by atoms with E-state index < -0.39 is 0 Å². The van der Waals surface area contributed by atoms with Gasteiger partial charge in [-0.05, 0) is 25.1 Å². The number of likely N-dealkylation sites (N-methyl/N-ethyl adjacent to an activating group) is 1. The van der Waals surface area contributed by atoms with Crippen LogP contribution in [0.25, 0.3) is 0 Å². The molecule has 0 unspecified atom stereocenters. The lowest BCUT2D eigenvalue weighted by Crippen LogP contribution is -2.30. The molecule has 0 spiro atoms. The molecule has 1 rings (SSSR count). The summed E-state index contributed by atoms with van der Waals surface area (Å²) in [4.78, 5) is 13.6. The van der Waals surface area contributed by atoms with Gasteiger partial charge in [0.25, 0.3) is 5.91 Å². The number of hydrogen-bond acceptors (Lipinski definition) is 2. The van der Waals surface area contributed by atoms with Gasteiger partial charge in [-0.3, -0.25) is 4.79 Å². The van der Waals surface area contributed by atoms with Crippen molar-refractivity contribution in [1.82, 2.24) is 4.90 Å². The van der Waals surface area contributed by atoms with Gasteiger partial charge in [0.2, 0.25) is 0 Å². The van der Waals surface area contributed by atoms with E-state index in [1.165, 1.54) is 0 Å². The van der Waals surface area contributed by atoms with Gasteiger partial charge < -0.3 is 9.64 Å². The summed E-state index contributed by atoms with van der Waals surface area (Å²) < 4.78 is 6.12. The quantitative estimate of drug-likeness (QED) is 0.779. The van der Waals surface area contributed by atoms with Crippen LogP contribution in [0.2, 0.25) is 0 Å². The normalized spacial score (nSPS) is 10.2. The Hall–Kier alpha value is -0.870. The molecule has 88 valence electrons. The van der Waals surface area contributed by atoms with Crippen LogP contribution >= 0.6 is 15.9 Å². The highest BCUT2D eigenvalue weighted by Crippen LogP contribution is 2.12. The zero-order valence-corrected chi connectivity index (χ0v) is 11.2. The van der Waals surface area contributed by atoms with Crippen LogP contribution in [0, 0.1) is 0 Å². The summed E-state index contributed by atoms with van der Waals surface area (Å²) in [6, 6.07) is 7.38. The number of ether oxygens (including phenoxy) is 1. The molecule has 0 fully saturated rings. The maximum atomic E-state index is 11.9. The average Bonchev–Trinajstić information content (AvgIpc) is 2.28. The number of benzene rings is 1. The van der Waals surface area contributed by atoms with E-state index in [2.05, 4.69) is 15.9 Å². The lowest BCUT2D eigenvalue weighted by atomic mass is 10.2. The van der Waals surface area contributed by atoms with Crippen LogP contribution in [0.15, 0.2) is 28.7 Å². The number of carbonyl (C=O) groups is 1. The van der Waals surface area contributed by atoms with E-state index in [0.29, 0.717) is 25.3 Å². The predicted octanol–water partition coefficient (Wildman–Crippen LogP) is 2.56. The summed E-state index contributed by atoms with van der Waals surface area (Å²) in [7, 11) is 1.78. The summed E-state index contributed by atoms with van der Waals surface area (Å²) in [6.45, 7) is 3.81. The van der Waals surface area contributed by atoms with Gasteiger partial charge >= 0.3 is 0 Å². The zero-order chi connectivity index (χ0) is 12.0. The van der Waals surface area contributed by atoms with Crippen molar-refractivity contribution >= 4 is 21.8 Å². The van der Waals surface area contributed by atoms with Crippen LogP contribution < -0.4 is 0 Å². The first-order valence-corrected chi connectivity index (χ1v) is 6.03. The molecule has 4 heteroatoms. The molecule has 0 aliphatic carbocycles. The molecule has 0 bridgehead atoms. The molecular formula is C12H16BrNO2. The molecule has 0 aromatic heterocycles. The third-order valence-corrected chi connectivity index (χ3v) is 2.69. The molecule has 3 nitrogen and oxygen atoms in total. The van der Waals surface area contributed by atoms with Gasteiger partial charge in [-0.1, -0.05) is 22.0 Å². The smallest absolute Gasteiger partial charge is 0.253 e. The molecule has 0 aliphatic heterocycles. The van der Waals surface area contributed by atoms with Gasteiger partial charge in [-0.2, -0.15) is 0 Å². The molecule has 1 aromatic rings. The minimum Gasteiger partial charge on any atom is -0.380 e. The van der Waals surface area contributed by atoms with Crippen LogP contribution in [-0.2, 0) is 4.74 Å². The lowest BCUT2D eigenvalue weighted by molar-refractivity contribution is 0.0710. The highest BCUT2D eigenvalue weighted by atomic mass is 79.9. The Bertz CT molecular complexity index is 355. The largest absolute Gasteiger partial charge is 0.380 e. The number of rotatable bonds is 5. The topological polar surface area (TPSA) is 29.5 Å². The molecule has 16 heavy (non-hydrogen) atoms. The lowest BCUT2D eigenvalue weighted by Gasteiger charge is -2.17. The number of nitrogens with zero attached hydrogens (tertiary/aromatic N) is 1.